The van der Waals surface area contributed by atoms with E-state index in [4.69, 9.17) is 10.2 Å². The highest BCUT2D eigenvalue weighted by Crippen LogP contribution is 2.20. The quantitative estimate of drug-likeness (QED) is 0.317. The molecule has 0 aromatic rings. The molecule has 0 amide bonds. The molecule has 0 radical (unpaired) electrons. The van der Waals surface area contributed by atoms with Gasteiger partial charge in [-0.2, -0.15) is 0 Å². The van der Waals surface area contributed by atoms with Gasteiger partial charge in [-0.1, -0.05) is 0 Å². The first-order valence-electron chi connectivity index (χ1n) is 4.84. The number of hydrogen-bond acceptors (Lipinski definition) is 8. The van der Waals surface area contributed by atoms with Crippen LogP contribution in [0.1, 0.15) is 6.92 Å². The summed E-state index contributed by atoms with van der Waals surface area (Å²) in [4.78, 5) is 20.3. The molecule has 1 rings (SSSR count). The average Bonchev–Trinajstić information content (AvgIpc) is 2.29. The highest BCUT2D eigenvalue weighted by molar-refractivity contribution is 9.18. The maximum absolute atomic E-state index is 11.0. The van der Waals surface area contributed by atoms with Crippen LogP contribution in [0, 0.1) is 0 Å². The van der Waals surface area contributed by atoms with Gasteiger partial charge in [-0.25, -0.2) is 4.79 Å². The highest BCUT2D eigenvalue weighted by Gasteiger charge is 2.46. The minimum Gasteiger partial charge on any atom is -0.467 e. The van der Waals surface area contributed by atoms with Crippen molar-refractivity contribution >= 4 is 26.6 Å². The number of ether oxygens (including phenoxy) is 2. The fourth-order valence-corrected chi connectivity index (χ4v) is 1.17. The van der Waals surface area contributed by atoms with Crippen LogP contribution >= 0.6 is 15.9 Å². The molecule has 0 aromatic carbocycles. The van der Waals surface area contributed by atoms with Crippen LogP contribution in [-0.4, -0.2) is 68.9 Å². The second-order valence-corrected chi connectivity index (χ2v) is 4.53. The van der Waals surface area contributed by atoms with E-state index in [9.17, 15) is 19.8 Å². The predicted molar refractivity (Wildman–Crippen MR) is 60.5 cm³/mol. The summed E-state index contributed by atoms with van der Waals surface area (Å²) in [5.74, 6) is -0.928. The van der Waals surface area contributed by atoms with Crippen molar-refractivity contribution in [3.05, 3.63) is 0 Å². The largest absolute Gasteiger partial charge is 0.467 e. The Balaban J connectivity index is 0.000000631. The summed E-state index contributed by atoms with van der Waals surface area (Å²) in [5.41, 5.74) is 0. The molecule has 9 heteroatoms. The molecule has 0 bridgehead atoms. The van der Waals surface area contributed by atoms with Gasteiger partial charge in [-0.05, 0) is 15.9 Å². The van der Waals surface area contributed by atoms with Crippen molar-refractivity contribution < 1.29 is 39.5 Å². The van der Waals surface area contributed by atoms with Gasteiger partial charge in [0, 0.05) is 6.92 Å². The van der Waals surface area contributed by atoms with Crippen LogP contribution in [0.25, 0.3) is 0 Å². The SMILES string of the molecule is CC(=O)Br.COC(=O)[C@H]1O[C@H](O)[C@H](O)[C@@H](O)[C@H]1O. The van der Waals surface area contributed by atoms with E-state index in [0.717, 1.165) is 7.11 Å². The van der Waals surface area contributed by atoms with E-state index < -0.39 is 36.7 Å². The zero-order valence-electron chi connectivity index (χ0n) is 9.69. The Morgan fingerprint density at radius 1 is 1.11 bits per heavy atom. The number of esters is 1. The molecule has 1 fully saturated rings. The molecule has 0 aliphatic carbocycles. The second-order valence-electron chi connectivity index (χ2n) is 3.41. The van der Waals surface area contributed by atoms with E-state index in [1.807, 2.05) is 0 Å². The minimum absolute atomic E-state index is 0.0208. The van der Waals surface area contributed by atoms with Crippen molar-refractivity contribution in [2.24, 2.45) is 0 Å². The average molecular weight is 331 g/mol. The molecule has 106 valence electrons. The van der Waals surface area contributed by atoms with Gasteiger partial charge >= 0.3 is 5.97 Å². The molecule has 0 aromatic heterocycles. The van der Waals surface area contributed by atoms with Crippen molar-refractivity contribution in [1.82, 2.24) is 0 Å². The number of halogens is 1. The smallest absolute Gasteiger partial charge is 0.337 e. The van der Waals surface area contributed by atoms with Crippen molar-refractivity contribution in [2.45, 2.75) is 37.6 Å². The number of aliphatic hydroxyl groups excluding tert-OH is 4. The lowest BCUT2D eigenvalue weighted by Gasteiger charge is -2.36. The van der Waals surface area contributed by atoms with Gasteiger partial charge in [-0.3, -0.25) is 4.79 Å². The van der Waals surface area contributed by atoms with Crippen LogP contribution in [0.15, 0.2) is 0 Å². The molecular weight excluding hydrogens is 316 g/mol. The summed E-state index contributed by atoms with van der Waals surface area (Å²) in [6.45, 7) is 1.44. The van der Waals surface area contributed by atoms with Crippen LogP contribution in [0.4, 0.5) is 0 Å². The number of rotatable bonds is 1. The standard InChI is InChI=1S/C7H12O7.C2H3BrO/c1-13-7(12)5-3(9)2(8)4(10)6(11)14-5;1-2(3)4/h2-6,8-11H,1H3;1H3/t2-,3+,4+,5-,6-;/m0./s1. The molecule has 1 saturated heterocycles. The lowest BCUT2D eigenvalue weighted by Crippen LogP contribution is -2.59. The van der Waals surface area contributed by atoms with Crippen LogP contribution in [-0.2, 0) is 19.1 Å². The molecule has 1 aliphatic rings. The van der Waals surface area contributed by atoms with Gasteiger partial charge in [0.1, 0.15) is 18.3 Å². The maximum Gasteiger partial charge on any atom is 0.337 e. The lowest BCUT2D eigenvalue weighted by atomic mass is 9.99. The zero-order valence-corrected chi connectivity index (χ0v) is 11.3. The van der Waals surface area contributed by atoms with E-state index in [-0.39, 0.29) is 4.69 Å². The van der Waals surface area contributed by atoms with Crippen LogP contribution in [0.5, 0.6) is 0 Å². The predicted octanol–water partition coefficient (Wildman–Crippen LogP) is -2.11. The molecule has 8 nitrogen and oxygen atoms in total. The molecule has 4 N–H and O–H groups in total. The van der Waals surface area contributed by atoms with Crippen molar-refractivity contribution in [1.29, 1.82) is 0 Å². The van der Waals surface area contributed by atoms with Gasteiger partial charge < -0.3 is 29.9 Å². The van der Waals surface area contributed by atoms with Crippen molar-refractivity contribution in [3.8, 4) is 0 Å². The van der Waals surface area contributed by atoms with Crippen molar-refractivity contribution in [2.75, 3.05) is 7.11 Å². The first-order chi connectivity index (χ1) is 8.22. The van der Waals surface area contributed by atoms with E-state index >= 15 is 0 Å². The Hall–Kier alpha value is -0.580. The topological polar surface area (TPSA) is 134 Å². The number of methoxy groups -OCH3 is 1. The fourth-order valence-electron chi connectivity index (χ4n) is 1.17. The van der Waals surface area contributed by atoms with Gasteiger partial charge in [0.15, 0.2) is 17.1 Å². The van der Waals surface area contributed by atoms with Gasteiger partial charge in [0.25, 0.3) is 0 Å². The normalized spacial score (nSPS) is 35.2. The molecule has 5 atom stereocenters. The maximum atomic E-state index is 11.0. The summed E-state index contributed by atoms with van der Waals surface area (Å²) in [6, 6.07) is 0. The zero-order chi connectivity index (χ0) is 14.5. The minimum atomic E-state index is -1.72. The van der Waals surface area contributed by atoms with Crippen LogP contribution < -0.4 is 0 Å². The van der Waals surface area contributed by atoms with Crippen LogP contribution in [0.2, 0.25) is 0 Å². The molecule has 18 heavy (non-hydrogen) atoms. The molecule has 0 spiro atoms. The summed E-state index contributed by atoms with van der Waals surface area (Å²) in [6.07, 6.45) is -8.14. The monoisotopic (exact) mass is 330 g/mol. The second kappa shape index (κ2) is 7.77. The summed E-state index contributed by atoms with van der Waals surface area (Å²) in [5, 5.41) is 36.5. The van der Waals surface area contributed by atoms with E-state index in [1.54, 1.807) is 0 Å². The lowest BCUT2D eigenvalue weighted by molar-refractivity contribution is -0.280. The molecule has 0 unspecified atom stereocenters. The third-order valence-corrected chi connectivity index (χ3v) is 2.02. The molecular formula is C9H15BrO8. The molecule has 1 aliphatic heterocycles. The Morgan fingerprint density at radius 2 is 1.56 bits per heavy atom. The Kier molecular flexibility index (Phi) is 7.52. The Bertz CT molecular complexity index is 292. The van der Waals surface area contributed by atoms with Gasteiger partial charge in [-0.15, -0.1) is 0 Å². The molecule has 1 heterocycles. The third-order valence-electron chi connectivity index (χ3n) is 2.02. The van der Waals surface area contributed by atoms with E-state index in [0.29, 0.717) is 0 Å². The number of carbonyl (C=O) groups is 2. The van der Waals surface area contributed by atoms with Crippen LogP contribution in [0.3, 0.4) is 0 Å². The summed E-state index contributed by atoms with van der Waals surface area (Å²) >= 11 is 2.63. The Morgan fingerprint density at radius 3 is 1.94 bits per heavy atom. The third kappa shape index (κ3) is 4.96. The van der Waals surface area contributed by atoms with Gasteiger partial charge in [0.05, 0.1) is 7.11 Å². The summed E-state index contributed by atoms with van der Waals surface area (Å²) < 4.78 is 8.80. The summed E-state index contributed by atoms with van der Waals surface area (Å²) in [7, 11) is 1.07. The molecule has 0 saturated carbocycles. The number of aliphatic hydroxyl groups is 4. The van der Waals surface area contributed by atoms with Crippen molar-refractivity contribution in [3.63, 3.8) is 0 Å². The first kappa shape index (κ1) is 17.4. The number of hydrogen-bond donors (Lipinski definition) is 4. The number of carbonyl (C=O) groups excluding carboxylic acids is 2. The first-order valence-corrected chi connectivity index (χ1v) is 5.63. The van der Waals surface area contributed by atoms with Gasteiger partial charge in [0.2, 0.25) is 0 Å². The Labute approximate surface area is 111 Å². The fraction of sp³-hybridized carbons (Fsp3) is 0.778. The highest BCUT2D eigenvalue weighted by atomic mass is 79.9. The van der Waals surface area contributed by atoms with E-state index in [1.165, 1.54) is 6.92 Å². The van der Waals surface area contributed by atoms with E-state index in [2.05, 4.69) is 25.4 Å².